The third-order valence-electron chi connectivity index (χ3n) is 5.60. The van der Waals surface area contributed by atoms with E-state index in [1.807, 2.05) is 54.0 Å². The molecule has 1 fully saturated rings. The van der Waals surface area contributed by atoms with Crippen LogP contribution in [0.4, 0.5) is 5.82 Å². The molecule has 0 aliphatic carbocycles. The highest BCUT2D eigenvalue weighted by atomic mass is 16.4. The number of anilines is 1. The minimum absolute atomic E-state index is 0.369. The number of piperazine rings is 1. The first kappa shape index (κ1) is 17.9. The van der Waals surface area contributed by atoms with Gasteiger partial charge in [-0.1, -0.05) is 13.0 Å². The highest BCUT2D eigenvalue weighted by Gasteiger charge is 2.18. The first-order valence-electron chi connectivity index (χ1n) is 9.98. The van der Waals surface area contributed by atoms with Crippen LogP contribution in [0, 0.1) is 6.92 Å². The predicted octanol–water partition coefficient (Wildman–Crippen LogP) is 2.95. The Kier molecular flexibility index (Phi) is 4.32. The summed E-state index contributed by atoms with van der Waals surface area (Å²) in [5.41, 5.74) is 2.93. The maximum Gasteiger partial charge on any atom is 0.347 e. The number of imidazole rings is 1. The van der Waals surface area contributed by atoms with Crippen LogP contribution >= 0.6 is 0 Å². The summed E-state index contributed by atoms with van der Waals surface area (Å²) in [5, 5.41) is 0.795. The second-order valence-corrected chi connectivity index (χ2v) is 7.53. The fourth-order valence-electron chi connectivity index (χ4n) is 3.87. The van der Waals surface area contributed by atoms with Gasteiger partial charge in [-0.25, -0.2) is 9.78 Å². The Morgan fingerprint density at radius 3 is 2.66 bits per heavy atom. The fourth-order valence-corrected chi connectivity index (χ4v) is 3.87. The second kappa shape index (κ2) is 7.00. The van der Waals surface area contributed by atoms with Crippen molar-refractivity contribution < 1.29 is 4.42 Å². The molecule has 0 amide bonds. The van der Waals surface area contributed by atoms with E-state index in [1.165, 1.54) is 0 Å². The summed E-state index contributed by atoms with van der Waals surface area (Å²) in [7, 11) is 0. The zero-order valence-electron chi connectivity index (χ0n) is 16.6. The first-order valence-corrected chi connectivity index (χ1v) is 9.98. The Labute approximate surface area is 168 Å². The smallest absolute Gasteiger partial charge is 0.347 e. The number of hydrogen-bond donors (Lipinski definition) is 0. The summed E-state index contributed by atoms with van der Waals surface area (Å²) in [6.45, 7) is 9.16. The third-order valence-corrected chi connectivity index (χ3v) is 5.60. The molecule has 0 radical (unpaired) electrons. The molecule has 7 heteroatoms. The van der Waals surface area contributed by atoms with Gasteiger partial charge in [0.25, 0.3) is 0 Å². The van der Waals surface area contributed by atoms with E-state index in [0.29, 0.717) is 17.0 Å². The van der Waals surface area contributed by atoms with E-state index < -0.39 is 5.63 Å². The largest absolute Gasteiger partial charge is 0.403 e. The van der Waals surface area contributed by atoms with E-state index in [2.05, 4.69) is 26.7 Å². The molecule has 29 heavy (non-hydrogen) atoms. The van der Waals surface area contributed by atoms with E-state index in [4.69, 9.17) is 4.42 Å². The number of fused-ring (bicyclic) bond motifs is 2. The average molecular weight is 389 g/mol. The number of aryl methyl sites for hydroxylation is 1. The van der Waals surface area contributed by atoms with Gasteiger partial charge in [0.15, 0.2) is 0 Å². The second-order valence-electron chi connectivity index (χ2n) is 7.53. The molecule has 5 heterocycles. The SMILES string of the molecule is CCN1CCN(c2ccc3cc(-c4cn5cc(C)ccc5n4)c(=O)oc3n2)CC1. The van der Waals surface area contributed by atoms with Crippen LogP contribution in [0.2, 0.25) is 0 Å². The molecule has 0 aromatic carbocycles. The number of likely N-dealkylation sites (N-methyl/N-ethyl adjacent to an activating group) is 1. The highest BCUT2D eigenvalue weighted by Crippen LogP contribution is 2.23. The molecule has 0 N–H and O–H groups in total. The lowest BCUT2D eigenvalue weighted by atomic mass is 10.2. The van der Waals surface area contributed by atoms with Gasteiger partial charge in [0, 0.05) is 44.0 Å². The van der Waals surface area contributed by atoms with E-state index in [9.17, 15) is 4.79 Å². The third kappa shape index (κ3) is 3.27. The van der Waals surface area contributed by atoms with Gasteiger partial charge in [-0.2, -0.15) is 4.98 Å². The number of rotatable bonds is 3. The molecule has 0 spiro atoms. The van der Waals surface area contributed by atoms with Crippen LogP contribution in [0.15, 0.2) is 51.9 Å². The number of hydrogen-bond acceptors (Lipinski definition) is 6. The number of pyridine rings is 2. The van der Waals surface area contributed by atoms with Crippen LogP contribution in [0.1, 0.15) is 12.5 Å². The summed E-state index contributed by atoms with van der Waals surface area (Å²) in [5.74, 6) is 0.854. The summed E-state index contributed by atoms with van der Waals surface area (Å²) in [6.07, 6.45) is 3.84. The van der Waals surface area contributed by atoms with Crippen molar-refractivity contribution in [1.82, 2.24) is 19.3 Å². The quantitative estimate of drug-likeness (QED) is 0.537. The van der Waals surface area contributed by atoms with Gasteiger partial charge in [-0.05, 0) is 43.3 Å². The van der Waals surface area contributed by atoms with Gasteiger partial charge in [0.2, 0.25) is 5.71 Å². The Morgan fingerprint density at radius 2 is 1.86 bits per heavy atom. The maximum atomic E-state index is 12.7. The summed E-state index contributed by atoms with van der Waals surface area (Å²) < 4.78 is 7.51. The van der Waals surface area contributed by atoms with Gasteiger partial charge < -0.3 is 18.6 Å². The molecule has 5 rings (SSSR count). The zero-order valence-corrected chi connectivity index (χ0v) is 16.6. The lowest BCUT2D eigenvalue weighted by Gasteiger charge is -2.34. The molecule has 4 aromatic rings. The standard InChI is InChI=1S/C22H23N5O2/c1-3-25-8-10-26(11-9-25)20-7-5-16-12-17(22(28)29-21(16)24-20)18-14-27-13-15(2)4-6-19(27)23-18/h4-7,12-14H,3,8-11H2,1-2H3. The lowest BCUT2D eigenvalue weighted by Crippen LogP contribution is -2.46. The van der Waals surface area contributed by atoms with Gasteiger partial charge >= 0.3 is 5.63 Å². The van der Waals surface area contributed by atoms with Crippen LogP contribution in [-0.4, -0.2) is 52.0 Å². The van der Waals surface area contributed by atoms with Crippen molar-refractivity contribution in [3.63, 3.8) is 0 Å². The van der Waals surface area contributed by atoms with Crippen molar-refractivity contribution in [1.29, 1.82) is 0 Å². The Bertz CT molecular complexity index is 1250. The summed E-state index contributed by atoms with van der Waals surface area (Å²) in [4.78, 5) is 26.5. The molecular formula is C22H23N5O2. The fraction of sp³-hybridized carbons (Fsp3) is 0.318. The van der Waals surface area contributed by atoms with E-state index in [0.717, 1.165) is 55.1 Å². The van der Waals surface area contributed by atoms with Gasteiger partial charge in [0.1, 0.15) is 11.5 Å². The van der Waals surface area contributed by atoms with Crippen molar-refractivity contribution in [3.8, 4) is 11.3 Å². The van der Waals surface area contributed by atoms with Crippen LogP contribution in [0.3, 0.4) is 0 Å². The highest BCUT2D eigenvalue weighted by molar-refractivity contribution is 5.80. The summed E-state index contributed by atoms with van der Waals surface area (Å²) >= 11 is 0. The van der Waals surface area contributed by atoms with Crippen molar-refractivity contribution >= 4 is 22.6 Å². The predicted molar refractivity (Wildman–Crippen MR) is 114 cm³/mol. The van der Waals surface area contributed by atoms with Gasteiger partial charge in [-0.15, -0.1) is 0 Å². The molecule has 1 aliphatic rings. The summed E-state index contributed by atoms with van der Waals surface area (Å²) in [6, 6.07) is 9.73. The molecule has 4 aromatic heterocycles. The van der Waals surface area contributed by atoms with Crippen molar-refractivity contribution in [2.24, 2.45) is 0 Å². The minimum atomic E-state index is -0.418. The van der Waals surface area contributed by atoms with Crippen molar-refractivity contribution in [2.45, 2.75) is 13.8 Å². The molecule has 1 aliphatic heterocycles. The van der Waals surface area contributed by atoms with Crippen LogP contribution in [0.5, 0.6) is 0 Å². The Morgan fingerprint density at radius 1 is 1.03 bits per heavy atom. The number of aromatic nitrogens is 3. The van der Waals surface area contributed by atoms with Crippen LogP contribution in [-0.2, 0) is 0 Å². The monoisotopic (exact) mass is 389 g/mol. The van der Waals surface area contributed by atoms with Crippen LogP contribution < -0.4 is 10.5 Å². The average Bonchev–Trinajstić information content (AvgIpc) is 3.15. The molecule has 0 bridgehead atoms. The van der Waals surface area contributed by atoms with Crippen molar-refractivity contribution in [2.75, 3.05) is 37.6 Å². The normalized spacial score (nSPS) is 15.4. The molecule has 1 saturated heterocycles. The maximum absolute atomic E-state index is 12.7. The Balaban J connectivity index is 1.50. The zero-order chi connectivity index (χ0) is 20.0. The molecule has 148 valence electrons. The molecule has 0 unspecified atom stereocenters. The lowest BCUT2D eigenvalue weighted by molar-refractivity contribution is 0.270. The molecular weight excluding hydrogens is 366 g/mol. The van der Waals surface area contributed by atoms with E-state index in [1.54, 1.807) is 0 Å². The van der Waals surface area contributed by atoms with Gasteiger partial charge in [0.05, 0.1) is 11.3 Å². The topological polar surface area (TPSA) is 66.9 Å². The van der Waals surface area contributed by atoms with E-state index >= 15 is 0 Å². The van der Waals surface area contributed by atoms with Crippen LogP contribution in [0.25, 0.3) is 28.0 Å². The minimum Gasteiger partial charge on any atom is -0.403 e. The van der Waals surface area contributed by atoms with Gasteiger partial charge in [-0.3, -0.25) is 0 Å². The Hall–Kier alpha value is -3.19. The molecule has 0 atom stereocenters. The van der Waals surface area contributed by atoms with Crippen molar-refractivity contribution in [3.05, 3.63) is 58.7 Å². The molecule has 7 nitrogen and oxygen atoms in total. The van der Waals surface area contributed by atoms with E-state index in [-0.39, 0.29) is 0 Å². The first-order chi connectivity index (χ1) is 14.1. The number of nitrogens with zero attached hydrogens (tertiary/aromatic N) is 5. The molecule has 0 saturated carbocycles.